The number of hydrogen-bond acceptors (Lipinski definition) is 1. The maximum Gasteiger partial charge on any atom is 0.235 e. The smallest absolute Gasteiger partial charge is 0.235 e. The minimum absolute atomic E-state index is 0.108. The third-order valence-corrected chi connectivity index (χ3v) is 6.63. The largest absolute Gasteiger partial charge is 0.239 e. The van der Waals surface area contributed by atoms with Crippen LogP contribution < -0.4 is 13.7 Å². The quantitative estimate of drug-likeness (QED) is 0.494. The van der Waals surface area contributed by atoms with Crippen LogP contribution in [0.15, 0.2) is 49.2 Å². The molecule has 0 aromatic carbocycles. The SMILES string of the molecule is CCCC[n+]1ccc(-c2c[n+](CC)c3c(n2)C(C)(C)c2c[n+](CCCC)ccc2-3)cc1. The summed E-state index contributed by atoms with van der Waals surface area (Å²) in [5, 5.41) is 0. The highest BCUT2D eigenvalue weighted by molar-refractivity contribution is 5.74. The van der Waals surface area contributed by atoms with E-state index >= 15 is 0 Å². The van der Waals surface area contributed by atoms with Gasteiger partial charge in [-0.15, -0.1) is 0 Å². The first-order chi connectivity index (χ1) is 15.0. The van der Waals surface area contributed by atoms with Crippen LogP contribution >= 0.6 is 0 Å². The van der Waals surface area contributed by atoms with Crippen molar-refractivity contribution >= 4 is 0 Å². The van der Waals surface area contributed by atoms with Crippen LogP contribution in [-0.4, -0.2) is 4.98 Å². The number of hydrogen-bond donors (Lipinski definition) is 0. The summed E-state index contributed by atoms with van der Waals surface area (Å²) in [6.45, 7) is 14.4. The molecule has 0 amide bonds. The Morgan fingerprint density at radius 2 is 1.48 bits per heavy atom. The zero-order chi connectivity index (χ0) is 22.0. The summed E-state index contributed by atoms with van der Waals surface area (Å²) < 4.78 is 7.00. The summed E-state index contributed by atoms with van der Waals surface area (Å²) >= 11 is 0. The fourth-order valence-electron chi connectivity index (χ4n) is 4.63. The lowest BCUT2D eigenvalue weighted by Gasteiger charge is -2.18. The zero-order valence-electron chi connectivity index (χ0n) is 19.9. The fraction of sp³-hybridized carbons (Fsp3) is 0.481. The first-order valence-electron chi connectivity index (χ1n) is 12.0. The van der Waals surface area contributed by atoms with Crippen molar-refractivity contribution in [3.63, 3.8) is 0 Å². The third-order valence-electron chi connectivity index (χ3n) is 6.63. The van der Waals surface area contributed by atoms with Gasteiger partial charge in [0.2, 0.25) is 5.69 Å². The molecule has 0 aliphatic heterocycles. The Morgan fingerprint density at radius 1 is 0.839 bits per heavy atom. The normalized spacial score (nSPS) is 13.8. The molecule has 3 heterocycles. The number of aromatic nitrogens is 4. The lowest BCUT2D eigenvalue weighted by Crippen LogP contribution is -2.37. The van der Waals surface area contributed by atoms with Crippen LogP contribution in [0.25, 0.3) is 22.5 Å². The Balaban J connectivity index is 1.76. The molecule has 4 rings (SSSR count). The maximum absolute atomic E-state index is 5.24. The number of pyridine rings is 2. The van der Waals surface area contributed by atoms with Crippen LogP contribution in [-0.2, 0) is 25.0 Å². The number of unbranched alkanes of at least 4 members (excludes halogenated alkanes) is 2. The molecule has 1 aliphatic rings. The van der Waals surface area contributed by atoms with Crippen LogP contribution in [0.3, 0.4) is 0 Å². The molecule has 3 aromatic heterocycles. The molecule has 162 valence electrons. The topological polar surface area (TPSA) is 24.5 Å². The summed E-state index contributed by atoms with van der Waals surface area (Å²) in [7, 11) is 0. The molecule has 0 saturated carbocycles. The van der Waals surface area contributed by atoms with Gasteiger partial charge in [0.1, 0.15) is 31.0 Å². The van der Waals surface area contributed by atoms with E-state index in [2.05, 4.69) is 97.5 Å². The standard InChI is InChI=1S/C27H37N4/c1-6-9-14-29-16-11-21(12-17-29)24-20-31(8-3)25-22-13-18-30(15-10-7-2)19-23(22)27(4,5)26(25)28-24/h11-13,16-20H,6-10,14-15H2,1-5H3/q+3. The monoisotopic (exact) mass is 417 g/mol. The first-order valence-corrected chi connectivity index (χ1v) is 12.0. The Hall–Kier alpha value is -2.62. The molecule has 0 spiro atoms. The van der Waals surface area contributed by atoms with E-state index in [4.69, 9.17) is 4.98 Å². The average molecular weight is 418 g/mol. The minimum Gasteiger partial charge on any atom is -0.239 e. The van der Waals surface area contributed by atoms with E-state index < -0.39 is 0 Å². The first kappa shape index (κ1) is 21.6. The molecular weight excluding hydrogens is 380 g/mol. The van der Waals surface area contributed by atoms with Gasteiger partial charge in [-0.2, -0.15) is 4.57 Å². The molecule has 0 atom stereocenters. The summed E-state index contributed by atoms with van der Waals surface area (Å²) in [6, 6.07) is 6.71. The van der Waals surface area contributed by atoms with Crippen molar-refractivity contribution in [2.75, 3.05) is 0 Å². The van der Waals surface area contributed by atoms with Gasteiger partial charge < -0.3 is 0 Å². The molecule has 0 unspecified atom stereocenters. The van der Waals surface area contributed by atoms with Gasteiger partial charge in [-0.3, -0.25) is 0 Å². The van der Waals surface area contributed by atoms with Gasteiger partial charge in [0.25, 0.3) is 0 Å². The van der Waals surface area contributed by atoms with Gasteiger partial charge in [-0.25, -0.2) is 14.1 Å². The van der Waals surface area contributed by atoms with Crippen LogP contribution in [0.5, 0.6) is 0 Å². The van der Waals surface area contributed by atoms with Crippen molar-refractivity contribution in [1.29, 1.82) is 0 Å². The average Bonchev–Trinajstić information content (AvgIpc) is 3.02. The van der Waals surface area contributed by atoms with Crippen LogP contribution in [0.1, 0.15) is 71.6 Å². The molecule has 0 saturated heterocycles. The zero-order valence-corrected chi connectivity index (χ0v) is 19.9. The molecule has 0 fully saturated rings. The predicted molar refractivity (Wildman–Crippen MR) is 123 cm³/mol. The van der Waals surface area contributed by atoms with Crippen molar-refractivity contribution in [1.82, 2.24) is 4.98 Å². The minimum atomic E-state index is -0.108. The van der Waals surface area contributed by atoms with Crippen molar-refractivity contribution in [2.45, 2.75) is 85.4 Å². The van der Waals surface area contributed by atoms with Crippen molar-refractivity contribution < 1.29 is 13.7 Å². The van der Waals surface area contributed by atoms with E-state index in [1.807, 2.05) is 0 Å². The Bertz CT molecular complexity index is 1070. The lowest BCUT2D eigenvalue weighted by atomic mass is 9.86. The number of fused-ring (bicyclic) bond motifs is 3. The molecule has 4 heteroatoms. The highest BCUT2D eigenvalue weighted by atomic mass is 15.0. The molecular formula is C27H37N4+3. The number of nitrogens with zero attached hydrogens (tertiary/aromatic N) is 4. The van der Waals surface area contributed by atoms with E-state index in [0.29, 0.717) is 0 Å². The van der Waals surface area contributed by atoms with Gasteiger partial charge in [0.05, 0.1) is 5.56 Å². The molecule has 3 aromatic rings. The van der Waals surface area contributed by atoms with Crippen molar-refractivity contribution in [3.8, 4) is 22.5 Å². The second-order valence-electron chi connectivity index (χ2n) is 9.28. The van der Waals surface area contributed by atoms with Crippen molar-refractivity contribution in [2.24, 2.45) is 0 Å². The molecule has 0 radical (unpaired) electrons. The highest BCUT2D eigenvalue weighted by Crippen LogP contribution is 2.45. The molecule has 0 bridgehead atoms. The van der Waals surface area contributed by atoms with E-state index in [-0.39, 0.29) is 5.41 Å². The Kier molecular flexibility index (Phi) is 6.17. The van der Waals surface area contributed by atoms with E-state index in [1.54, 1.807) is 0 Å². The number of aryl methyl sites for hydroxylation is 3. The molecule has 4 nitrogen and oxygen atoms in total. The van der Waals surface area contributed by atoms with E-state index in [0.717, 1.165) is 25.3 Å². The summed E-state index contributed by atoms with van der Waals surface area (Å²) in [5.41, 5.74) is 7.33. The molecule has 1 aliphatic carbocycles. The number of rotatable bonds is 8. The summed E-state index contributed by atoms with van der Waals surface area (Å²) in [5.74, 6) is 0. The van der Waals surface area contributed by atoms with E-state index in [9.17, 15) is 0 Å². The Labute approximate surface area is 187 Å². The van der Waals surface area contributed by atoms with Gasteiger partial charge in [-0.1, -0.05) is 26.7 Å². The highest BCUT2D eigenvalue weighted by Gasteiger charge is 2.45. The Morgan fingerprint density at radius 3 is 2.13 bits per heavy atom. The molecule has 0 N–H and O–H groups in total. The lowest BCUT2D eigenvalue weighted by molar-refractivity contribution is -0.698. The van der Waals surface area contributed by atoms with Crippen molar-refractivity contribution in [3.05, 3.63) is 60.4 Å². The maximum atomic E-state index is 5.24. The van der Waals surface area contributed by atoms with Gasteiger partial charge in [-0.05, 0) is 20.8 Å². The van der Waals surface area contributed by atoms with Crippen LogP contribution in [0, 0.1) is 0 Å². The second kappa shape index (κ2) is 8.86. The second-order valence-corrected chi connectivity index (χ2v) is 9.28. The van der Waals surface area contributed by atoms with E-state index in [1.165, 1.54) is 53.8 Å². The van der Waals surface area contributed by atoms with Gasteiger partial charge in [0, 0.05) is 47.6 Å². The van der Waals surface area contributed by atoms with Crippen LogP contribution in [0.4, 0.5) is 0 Å². The van der Waals surface area contributed by atoms with Crippen LogP contribution in [0.2, 0.25) is 0 Å². The summed E-state index contributed by atoms with van der Waals surface area (Å²) in [6.07, 6.45) is 16.0. The summed E-state index contributed by atoms with van der Waals surface area (Å²) in [4.78, 5) is 5.24. The van der Waals surface area contributed by atoms with Gasteiger partial charge >= 0.3 is 0 Å². The third kappa shape index (κ3) is 4.00. The molecule has 31 heavy (non-hydrogen) atoms. The van der Waals surface area contributed by atoms with Gasteiger partial charge in [0.15, 0.2) is 31.0 Å². The predicted octanol–water partition coefficient (Wildman–Crippen LogP) is 4.54. The fourth-order valence-corrected chi connectivity index (χ4v) is 4.63.